The molecule has 3 aromatic rings. The average Bonchev–Trinajstić information content (AvgIpc) is 3.30. The van der Waals surface area contributed by atoms with E-state index in [1.165, 1.54) is 11.3 Å². The molecule has 2 heterocycles. The number of rotatable bonds is 6. The van der Waals surface area contributed by atoms with Gasteiger partial charge >= 0.3 is 0 Å². The van der Waals surface area contributed by atoms with Crippen molar-refractivity contribution in [3.63, 3.8) is 0 Å². The van der Waals surface area contributed by atoms with Crippen LogP contribution in [0.3, 0.4) is 0 Å². The second kappa shape index (κ2) is 7.58. The number of aromatic nitrogens is 3. The zero-order valence-electron chi connectivity index (χ0n) is 14.8. The third-order valence-electron chi connectivity index (χ3n) is 4.68. The molecule has 1 saturated carbocycles. The Labute approximate surface area is 160 Å². The van der Waals surface area contributed by atoms with Crippen molar-refractivity contribution >= 4 is 17.2 Å². The highest BCUT2D eigenvalue weighted by Gasteiger charge is 2.32. The quantitative estimate of drug-likeness (QED) is 0.677. The van der Waals surface area contributed by atoms with Crippen molar-refractivity contribution in [1.82, 2.24) is 20.7 Å². The second-order valence-corrected chi connectivity index (χ2v) is 7.96. The van der Waals surface area contributed by atoms with E-state index in [0.29, 0.717) is 22.4 Å². The monoisotopic (exact) mass is 384 g/mol. The maximum Gasteiger partial charge on any atom is 0.273 e. The molecule has 2 N–H and O–H groups in total. The normalized spacial score (nSPS) is 20.1. The Kier molecular flexibility index (Phi) is 5.00. The van der Waals surface area contributed by atoms with E-state index in [9.17, 15) is 9.90 Å². The summed E-state index contributed by atoms with van der Waals surface area (Å²) in [6, 6.07) is 11.4. The molecule has 1 aliphatic carbocycles. The molecule has 0 radical (unpaired) electrons. The number of carbonyl (C=O) groups is 1. The highest BCUT2D eigenvalue weighted by atomic mass is 32.1. The lowest BCUT2D eigenvalue weighted by Crippen LogP contribution is -2.45. The maximum absolute atomic E-state index is 12.4. The van der Waals surface area contributed by atoms with Crippen LogP contribution in [0, 0.1) is 5.92 Å². The van der Waals surface area contributed by atoms with Crippen LogP contribution in [-0.2, 0) is 6.42 Å². The fraction of sp³-hybridized carbons (Fsp3) is 0.368. The molecule has 1 aliphatic rings. The van der Waals surface area contributed by atoms with E-state index >= 15 is 0 Å². The molecule has 2 aromatic heterocycles. The first-order valence-electron chi connectivity index (χ1n) is 8.92. The van der Waals surface area contributed by atoms with Gasteiger partial charge in [0.05, 0.1) is 0 Å². The van der Waals surface area contributed by atoms with E-state index in [-0.39, 0.29) is 11.9 Å². The van der Waals surface area contributed by atoms with Gasteiger partial charge < -0.3 is 14.9 Å². The Balaban J connectivity index is 1.27. The van der Waals surface area contributed by atoms with Crippen LogP contribution >= 0.6 is 11.3 Å². The van der Waals surface area contributed by atoms with Crippen LogP contribution in [0.2, 0.25) is 0 Å². The third-order valence-corrected chi connectivity index (χ3v) is 5.79. The molecule has 0 spiro atoms. The largest absolute Gasteiger partial charge is 0.386 e. The summed E-state index contributed by atoms with van der Waals surface area (Å²) in [5, 5.41) is 26.1. The van der Waals surface area contributed by atoms with Gasteiger partial charge in [0, 0.05) is 24.1 Å². The van der Waals surface area contributed by atoms with E-state index < -0.39 is 6.10 Å². The number of carbonyl (C=O) groups excluding carboxylic acids is 1. The lowest BCUT2D eigenvalue weighted by Gasteiger charge is -2.35. The SMILES string of the molecule is C[C@@H](O)c1nnc(CC2CC(NC(=O)c3cc(-c4ccccc4)on3)C2)s1. The molecular weight excluding hydrogens is 364 g/mol. The van der Waals surface area contributed by atoms with Gasteiger partial charge in [-0.15, -0.1) is 10.2 Å². The Morgan fingerprint density at radius 2 is 2.11 bits per heavy atom. The Morgan fingerprint density at radius 3 is 2.81 bits per heavy atom. The fourth-order valence-corrected chi connectivity index (χ4v) is 4.06. The Bertz CT molecular complexity index is 916. The zero-order valence-corrected chi connectivity index (χ0v) is 15.6. The summed E-state index contributed by atoms with van der Waals surface area (Å²) in [7, 11) is 0. The molecule has 0 aliphatic heterocycles. The van der Waals surface area contributed by atoms with Crippen molar-refractivity contribution < 1.29 is 14.4 Å². The zero-order chi connectivity index (χ0) is 18.8. The van der Waals surface area contributed by atoms with E-state index in [0.717, 1.165) is 29.8 Å². The van der Waals surface area contributed by atoms with Gasteiger partial charge in [-0.2, -0.15) is 0 Å². The first-order chi connectivity index (χ1) is 13.1. The van der Waals surface area contributed by atoms with E-state index in [1.54, 1.807) is 13.0 Å². The molecule has 7 nitrogen and oxygen atoms in total. The number of aliphatic hydroxyl groups excluding tert-OH is 1. The van der Waals surface area contributed by atoms with Crippen molar-refractivity contribution in [2.24, 2.45) is 5.92 Å². The van der Waals surface area contributed by atoms with Gasteiger partial charge in [0.2, 0.25) is 0 Å². The highest BCUT2D eigenvalue weighted by Crippen LogP contribution is 2.32. The van der Waals surface area contributed by atoms with Gasteiger partial charge in [-0.3, -0.25) is 4.79 Å². The van der Waals surface area contributed by atoms with Crippen LogP contribution in [0.4, 0.5) is 0 Å². The van der Waals surface area contributed by atoms with Gasteiger partial charge in [-0.05, 0) is 25.7 Å². The summed E-state index contributed by atoms with van der Waals surface area (Å²) >= 11 is 1.45. The fourth-order valence-electron chi connectivity index (χ4n) is 3.17. The summed E-state index contributed by atoms with van der Waals surface area (Å²) in [5.74, 6) is 0.844. The predicted octanol–water partition coefficient (Wildman–Crippen LogP) is 3.00. The van der Waals surface area contributed by atoms with Crippen molar-refractivity contribution in [3.8, 4) is 11.3 Å². The van der Waals surface area contributed by atoms with Crippen LogP contribution < -0.4 is 5.32 Å². The van der Waals surface area contributed by atoms with Crippen molar-refractivity contribution in [3.05, 3.63) is 52.1 Å². The number of nitrogens with one attached hydrogen (secondary N) is 1. The molecule has 4 rings (SSSR count). The predicted molar refractivity (Wildman–Crippen MR) is 100 cm³/mol. The first kappa shape index (κ1) is 17.8. The standard InChI is InChI=1S/C19H20N4O3S/c1-11(24)19-22-21-17(27-19)9-12-7-14(8-12)20-18(25)15-10-16(26-23-15)13-5-3-2-4-6-13/h2-6,10-12,14,24H,7-9H2,1H3,(H,20,25)/t11-,12?,14?/m1/s1. The van der Waals surface area contributed by atoms with Crippen molar-refractivity contribution in [2.45, 2.75) is 38.3 Å². The number of hydrogen-bond donors (Lipinski definition) is 2. The van der Waals surface area contributed by atoms with E-state index in [2.05, 4.69) is 20.7 Å². The summed E-state index contributed by atoms with van der Waals surface area (Å²) in [6.07, 6.45) is 2.06. The van der Waals surface area contributed by atoms with Crippen LogP contribution in [0.1, 0.15) is 46.4 Å². The minimum absolute atomic E-state index is 0.142. The third kappa shape index (κ3) is 4.06. The van der Waals surface area contributed by atoms with Gasteiger partial charge in [0.25, 0.3) is 5.91 Å². The van der Waals surface area contributed by atoms with Crippen LogP contribution in [-0.4, -0.2) is 32.4 Å². The molecular formula is C19H20N4O3S. The molecule has 27 heavy (non-hydrogen) atoms. The Morgan fingerprint density at radius 1 is 1.33 bits per heavy atom. The summed E-state index contributed by atoms with van der Waals surface area (Å²) in [5.41, 5.74) is 1.18. The lowest BCUT2D eigenvalue weighted by molar-refractivity contribution is 0.0880. The number of amides is 1. The number of benzene rings is 1. The maximum atomic E-state index is 12.4. The Hall–Kier alpha value is -2.58. The molecule has 0 bridgehead atoms. The average molecular weight is 384 g/mol. The molecule has 1 aromatic carbocycles. The number of aliphatic hydroxyl groups is 1. The second-order valence-electron chi connectivity index (χ2n) is 6.86. The topological polar surface area (TPSA) is 101 Å². The van der Waals surface area contributed by atoms with Crippen molar-refractivity contribution in [1.29, 1.82) is 0 Å². The molecule has 140 valence electrons. The molecule has 0 saturated heterocycles. The van der Waals surface area contributed by atoms with Gasteiger partial charge in [-0.1, -0.05) is 46.8 Å². The molecule has 1 fully saturated rings. The molecule has 1 atom stereocenters. The van der Waals surface area contributed by atoms with E-state index in [1.807, 2.05) is 30.3 Å². The van der Waals surface area contributed by atoms with E-state index in [4.69, 9.17) is 4.52 Å². The molecule has 0 unspecified atom stereocenters. The van der Waals surface area contributed by atoms with Crippen molar-refractivity contribution in [2.75, 3.05) is 0 Å². The minimum atomic E-state index is -0.576. The van der Waals surface area contributed by atoms with Gasteiger partial charge in [-0.25, -0.2) is 0 Å². The summed E-state index contributed by atoms with van der Waals surface area (Å²) < 4.78 is 5.28. The van der Waals surface area contributed by atoms with Gasteiger partial charge in [0.1, 0.15) is 16.1 Å². The smallest absolute Gasteiger partial charge is 0.273 e. The van der Waals surface area contributed by atoms with Crippen LogP contribution in [0.5, 0.6) is 0 Å². The van der Waals surface area contributed by atoms with Crippen LogP contribution in [0.25, 0.3) is 11.3 Å². The minimum Gasteiger partial charge on any atom is -0.386 e. The summed E-state index contributed by atoms with van der Waals surface area (Å²) in [4.78, 5) is 12.4. The molecule has 8 heteroatoms. The molecule has 1 amide bonds. The van der Waals surface area contributed by atoms with Crippen LogP contribution in [0.15, 0.2) is 40.9 Å². The highest BCUT2D eigenvalue weighted by molar-refractivity contribution is 7.11. The number of nitrogens with zero attached hydrogens (tertiary/aromatic N) is 3. The number of hydrogen-bond acceptors (Lipinski definition) is 7. The van der Waals surface area contributed by atoms with Gasteiger partial charge in [0.15, 0.2) is 11.5 Å². The lowest BCUT2D eigenvalue weighted by atomic mass is 9.78. The first-order valence-corrected chi connectivity index (χ1v) is 9.73. The summed E-state index contributed by atoms with van der Waals surface area (Å²) in [6.45, 7) is 1.69.